The lowest BCUT2D eigenvalue weighted by Crippen LogP contribution is -2.14. The minimum absolute atomic E-state index is 0.293. The van der Waals surface area contributed by atoms with Crippen LogP contribution in [0.5, 0.6) is 5.88 Å². The third-order valence-electron chi connectivity index (χ3n) is 3.01. The molecule has 118 valence electrons. The Kier molecular flexibility index (Phi) is 7.67. The molecule has 1 N–H and O–H groups in total. The number of ether oxygens (including phenoxy) is 1. The van der Waals surface area contributed by atoms with Crippen LogP contribution in [-0.2, 0) is 0 Å². The Morgan fingerprint density at radius 1 is 1.57 bits per heavy atom. The average Bonchev–Trinajstić information content (AvgIpc) is 2.44. The van der Waals surface area contributed by atoms with Gasteiger partial charge in [-0.2, -0.15) is 0 Å². The van der Waals surface area contributed by atoms with Gasteiger partial charge in [-0.1, -0.05) is 0 Å². The van der Waals surface area contributed by atoms with Gasteiger partial charge in [0.15, 0.2) is 0 Å². The molecule has 1 aromatic heterocycles. The van der Waals surface area contributed by atoms with E-state index >= 15 is 0 Å². The number of rotatable bonds is 8. The second kappa shape index (κ2) is 9.00. The van der Waals surface area contributed by atoms with Crippen molar-refractivity contribution in [2.24, 2.45) is 4.99 Å². The van der Waals surface area contributed by atoms with Gasteiger partial charge < -0.3 is 14.7 Å². The van der Waals surface area contributed by atoms with Crippen molar-refractivity contribution in [2.75, 3.05) is 20.2 Å². The van der Waals surface area contributed by atoms with E-state index in [-0.39, 0.29) is 6.10 Å². The Labute approximate surface area is 135 Å². The van der Waals surface area contributed by atoms with Crippen molar-refractivity contribution in [3.05, 3.63) is 16.2 Å². The molecule has 0 saturated carbocycles. The number of aliphatic hydroxyl groups is 1. The molecule has 0 saturated heterocycles. The van der Waals surface area contributed by atoms with E-state index in [1.807, 2.05) is 24.9 Å². The maximum absolute atomic E-state index is 9.21. The molecule has 0 bridgehead atoms. The normalized spacial score (nSPS) is 12.7. The van der Waals surface area contributed by atoms with Crippen LogP contribution in [0.3, 0.4) is 0 Å². The van der Waals surface area contributed by atoms with E-state index in [0.29, 0.717) is 12.5 Å². The summed E-state index contributed by atoms with van der Waals surface area (Å²) in [7, 11) is 1.97. The summed E-state index contributed by atoms with van der Waals surface area (Å²) in [6.45, 7) is 7.20. The van der Waals surface area contributed by atoms with Crippen LogP contribution in [0.2, 0.25) is 0 Å². The number of aliphatic hydroxyl groups excluding tert-OH is 1. The maximum atomic E-state index is 9.21. The smallest absolute Gasteiger partial charge is 0.228 e. The molecule has 0 aliphatic heterocycles. The standard InChI is InChI=1S/C15H24BrN3O2/c1-5-19(4)10-17-14-9-13(16)15(18-12(14)3)21-8-6-7-11(2)20/h9-11,20H,5-8H2,1-4H3. The second-order valence-corrected chi connectivity index (χ2v) is 5.89. The lowest BCUT2D eigenvalue weighted by Gasteiger charge is -2.11. The predicted octanol–water partition coefficient (Wildman–Crippen LogP) is 3.30. The van der Waals surface area contributed by atoms with E-state index in [1.165, 1.54) is 0 Å². The molecule has 0 radical (unpaired) electrons. The highest BCUT2D eigenvalue weighted by Gasteiger charge is 2.08. The van der Waals surface area contributed by atoms with Gasteiger partial charge in [0.05, 0.1) is 34.9 Å². The van der Waals surface area contributed by atoms with Gasteiger partial charge in [0, 0.05) is 13.6 Å². The average molecular weight is 358 g/mol. The minimum Gasteiger partial charge on any atom is -0.477 e. The zero-order valence-electron chi connectivity index (χ0n) is 13.1. The highest BCUT2D eigenvalue weighted by Crippen LogP contribution is 2.29. The van der Waals surface area contributed by atoms with Gasteiger partial charge in [0.2, 0.25) is 5.88 Å². The van der Waals surface area contributed by atoms with E-state index in [1.54, 1.807) is 13.3 Å². The van der Waals surface area contributed by atoms with Crippen molar-refractivity contribution in [3.8, 4) is 5.88 Å². The molecule has 1 unspecified atom stereocenters. The Balaban J connectivity index is 2.68. The first-order valence-electron chi connectivity index (χ1n) is 7.16. The lowest BCUT2D eigenvalue weighted by molar-refractivity contribution is 0.169. The molecule has 5 nitrogen and oxygen atoms in total. The van der Waals surface area contributed by atoms with Crippen LogP contribution < -0.4 is 4.74 Å². The zero-order chi connectivity index (χ0) is 15.8. The third-order valence-corrected chi connectivity index (χ3v) is 3.57. The summed E-state index contributed by atoms with van der Waals surface area (Å²) in [6, 6.07) is 1.91. The third kappa shape index (κ3) is 6.44. The summed E-state index contributed by atoms with van der Waals surface area (Å²) in [4.78, 5) is 10.8. The molecule has 1 rings (SSSR count). The van der Waals surface area contributed by atoms with Gasteiger partial charge in [-0.3, -0.25) is 0 Å². The summed E-state index contributed by atoms with van der Waals surface area (Å²) in [5.41, 5.74) is 1.64. The van der Waals surface area contributed by atoms with Crippen molar-refractivity contribution >= 4 is 28.0 Å². The number of aromatic nitrogens is 1. The van der Waals surface area contributed by atoms with Crippen LogP contribution in [-0.4, -0.2) is 47.6 Å². The van der Waals surface area contributed by atoms with Crippen LogP contribution in [0.1, 0.15) is 32.4 Å². The second-order valence-electron chi connectivity index (χ2n) is 5.04. The number of halogens is 1. The fourth-order valence-corrected chi connectivity index (χ4v) is 1.99. The molecular weight excluding hydrogens is 334 g/mol. The van der Waals surface area contributed by atoms with Crippen LogP contribution in [0.4, 0.5) is 5.69 Å². The molecule has 0 spiro atoms. The molecule has 21 heavy (non-hydrogen) atoms. The highest BCUT2D eigenvalue weighted by molar-refractivity contribution is 9.10. The minimum atomic E-state index is -0.293. The largest absolute Gasteiger partial charge is 0.477 e. The van der Waals surface area contributed by atoms with E-state index in [9.17, 15) is 5.11 Å². The Morgan fingerprint density at radius 3 is 2.90 bits per heavy atom. The topological polar surface area (TPSA) is 58.0 Å². The monoisotopic (exact) mass is 357 g/mol. The molecule has 1 atom stereocenters. The van der Waals surface area contributed by atoms with Gasteiger partial charge in [-0.15, -0.1) is 0 Å². The van der Waals surface area contributed by atoms with Crippen LogP contribution >= 0.6 is 15.9 Å². The first-order valence-corrected chi connectivity index (χ1v) is 7.95. The van der Waals surface area contributed by atoms with Gasteiger partial charge in [-0.25, -0.2) is 9.98 Å². The number of hydrogen-bond donors (Lipinski definition) is 1. The van der Waals surface area contributed by atoms with E-state index in [4.69, 9.17) is 4.74 Å². The fraction of sp³-hybridized carbons (Fsp3) is 0.600. The SMILES string of the molecule is CCN(C)C=Nc1cc(Br)c(OCCCC(C)O)nc1C. The summed E-state index contributed by atoms with van der Waals surface area (Å²) in [6.07, 6.45) is 3.02. The highest BCUT2D eigenvalue weighted by atomic mass is 79.9. The van der Waals surface area contributed by atoms with Gasteiger partial charge >= 0.3 is 0 Å². The van der Waals surface area contributed by atoms with Crippen molar-refractivity contribution in [1.82, 2.24) is 9.88 Å². The molecule has 1 aromatic rings. The molecule has 1 heterocycles. The van der Waals surface area contributed by atoms with Gasteiger partial charge in [-0.05, 0) is 55.6 Å². The Bertz CT molecular complexity index is 478. The molecule has 0 aliphatic carbocycles. The molecular formula is C15H24BrN3O2. The summed E-state index contributed by atoms with van der Waals surface area (Å²) >= 11 is 3.46. The fourth-order valence-electron chi connectivity index (χ4n) is 1.57. The van der Waals surface area contributed by atoms with Gasteiger partial charge in [0.1, 0.15) is 0 Å². The van der Waals surface area contributed by atoms with E-state index < -0.39 is 0 Å². The summed E-state index contributed by atoms with van der Waals surface area (Å²) in [5, 5.41) is 9.21. The predicted molar refractivity (Wildman–Crippen MR) is 89.5 cm³/mol. The number of pyridine rings is 1. The zero-order valence-corrected chi connectivity index (χ0v) is 14.7. The Hall–Kier alpha value is -1.14. The van der Waals surface area contributed by atoms with Crippen LogP contribution in [0.25, 0.3) is 0 Å². The first kappa shape index (κ1) is 17.9. The molecule has 0 fully saturated rings. The quantitative estimate of drug-likeness (QED) is 0.440. The first-order chi connectivity index (χ1) is 9.93. The summed E-state index contributed by atoms with van der Waals surface area (Å²) < 4.78 is 6.43. The number of hydrogen-bond acceptors (Lipinski definition) is 4. The maximum Gasteiger partial charge on any atom is 0.228 e. The van der Waals surface area contributed by atoms with Crippen LogP contribution in [0.15, 0.2) is 15.5 Å². The van der Waals surface area contributed by atoms with Crippen molar-refractivity contribution in [1.29, 1.82) is 0 Å². The van der Waals surface area contributed by atoms with Gasteiger partial charge in [0.25, 0.3) is 0 Å². The summed E-state index contributed by atoms with van der Waals surface area (Å²) in [5.74, 6) is 0.570. The number of aryl methyl sites for hydroxylation is 1. The molecule has 0 amide bonds. The molecule has 0 aliphatic rings. The van der Waals surface area contributed by atoms with Crippen molar-refractivity contribution < 1.29 is 9.84 Å². The van der Waals surface area contributed by atoms with E-state index in [0.717, 1.165) is 35.2 Å². The molecule has 0 aromatic carbocycles. The van der Waals surface area contributed by atoms with Crippen molar-refractivity contribution in [3.63, 3.8) is 0 Å². The lowest BCUT2D eigenvalue weighted by atomic mass is 10.2. The van der Waals surface area contributed by atoms with Crippen LogP contribution in [0, 0.1) is 6.92 Å². The Morgan fingerprint density at radius 2 is 2.29 bits per heavy atom. The number of nitrogens with zero attached hydrogens (tertiary/aromatic N) is 3. The number of aliphatic imine (C=N–C) groups is 1. The van der Waals surface area contributed by atoms with E-state index in [2.05, 4.69) is 32.8 Å². The molecule has 6 heteroatoms. The van der Waals surface area contributed by atoms with Crippen molar-refractivity contribution in [2.45, 2.75) is 39.7 Å².